The monoisotopic (exact) mass is 457 g/mol. The lowest BCUT2D eigenvalue weighted by molar-refractivity contribution is -0.137. The summed E-state index contributed by atoms with van der Waals surface area (Å²) in [5, 5.41) is 0. The largest absolute Gasteiger partial charge is 0.416 e. The van der Waals surface area contributed by atoms with E-state index in [-0.39, 0.29) is 10.4 Å². The Hall–Kier alpha value is -2.42. The Bertz CT molecular complexity index is 959. The summed E-state index contributed by atoms with van der Waals surface area (Å²) in [7, 11) is 1.44. The van der Waals surface area contributed by atoms with Gasteiger partial charge in [0.25, 0.3) is 0 Å². The fraction of sp³-hybridized carbons (Fsp3) is 0.263. The number of alkyl halides is 3. The lowest BCUT2D eigenvalue weighted by Crippen LogP contribution is -2.52. The predicted octanol–water partition coefficient (Wildman–Crippen LogP) is 4.39. The van der Waals surface area contributed by atoms with Crippen LogP contribution in [0.25, 0.3) is 0 Å². The molecule has 2 aromatic carbocycles. The van der Waals surface area contributed by atoms with Crippen LogP contribution in [0.4, 0.5) is 17.6 Å². The third kappa shape index (κ3) is 3.39. The van der Waals surface area contributed by atoms with Gasteiger partial charge in [0.05, 0.1) is 16.0 Å². The molecule has 0 fully saturated rings. The molecule has 1 aliphatic heterocycles. The second kappa shape index (κ2) is 6.88. The van der Waals surface area contributed by atoms with Crippen LogP contribution in [0.3, 0.4) is 0 Å². The van der Waals surface area contributed by atoms with Gasteiger partial charge in [-0.15, -0.1) is 0 Å². The fourth-order valence-corrected chi connectivity index (χ4v) is 3.68. The van der Waals surface area contributed by atoms with Crippen molar-refractivity contribution >= 4 is 27.8 Å². The van der Waals surface area contributed by atoms with Crippen LogP contribution in [-0.2, 0) is 16.5 Å². The van der Waals surface area contributed by atoms with Crippen LogP contribution in [0.15, 0.2) is 51.9 Å². The number of hydrogen-bond donors (Lipinski definition) is 1. The van der Waals surface area contributed by atoms with Gasteiger partial charge in [-0.25, -0.2) is 9.38 Å². The number of nitrogens with two attached hydrogens (primary N) is 1. The molecule has 4 nitrogen and oxygen atoms in total. The van der Waals surface area contributed by atoms with E-state index in [1.165, 1.54) is 37.4 Å². The van der Waals surface area contributed by atoms with E-state index in [1.54, 1.807) is 6.92 Å². The molecule has 0 unspecified atom stereocenters. The second-order valence-corrected chi connectivity index (χ2v) is 7.55. The quantitative estimate of drug-likeness (QED) is 0.679. The number of carbonyl (C=O) groups excluding carboxylic acids is 1. The van der Waals surface area contributed by atoms with Crippen LogP contribution in [-0.4, -0.2) is 23.8 Å². The molecule has 1 heterocycles. The van der Waals surface area contributed by atoms with Crippen molar-refractivity contribution < 1.29 is 22.4 Å². The van der Waals surface area contributed by atoms with E-state index in [4.69, 9.17) is 5.73 Å². The molecular weight excluding hydrogens is 442 g/mol. The van der Waals surface area contributed by atoms with Crippen LogP contribution < -0.4 is 5.73 Å². The standard InChI is InChI=1S/C19H16BrF4N3O/c1-18(12-7-8-14(21)13(20)9-12)15(16(28)27(2)17(25)26-18)10-3-5-11(6-4-10)19(22,23)24/h3-9,15H,1-2H3,(H2,25,26)/t15-,18-/m1/s1. The van der Waals surface area contributed by atoms with Crippen LogP contribution >= 0.6 is 15.9 Å². The molecule has 148 valence electrons. The first kappa shape index (κ1) is 20.3. The van der Waals surface area contributed by atoms with E-state index in [9.17, 15) is 22.4 Å². The molecule has 9 heteroatoms. The van der Waals surface area contributed by atoms with Crippen molar-refractivity contribution in [1.82, 2.24) is 4.90 Å². The van der Waals surface area contributed by atoms with Crippen molar-refractivity contribution in [3.05, 3.63) is 69.4 Å². The molecule has 3 rings (SSSR count). The third-order valence-electron chi connectivity index (χ3n) is 4.91. The SMILES string of the molecule is CN1C(=O)[C@@H](c2ccc(C(F)(F)F)cc2)[C@@](C)(c2ccc(F)c(Br)c2)N=C1N. The molecule has 0 saturated heterocycles. The minimum atomic E-state index is -4.49. The summed E-state index contributed by atoms with van der Waals surface area (Å²) < 4.78 is 52.6. The number of hydrogen-bond acceptors (Lipinski definition) is 3. The molecule has 2 aromatic rings. The fourth-order valence-electron chi connectivity index (χ4n) is 3.30. The van der Waals surface area contributed by atoms with Crippen molar-refractivity contribution in [2.75, 3.05) is 7.05 Å². The molecule has 0 bridgehead atoms. The van der Waals surface area contributed by atoms with Gasteiger partial charge < -0.3 is 5.73 Å². The van der Waals surface area contributed by atoms with Gasteiger partial charge in [-0.1, -0.05) is 18.2 Å². The minimum absolute atomic E-state index is 0.0314. The van der Waals surface area contributed by atoms with Crippen molar-refractivity contribution in [2.45, 2.75) is 24.6 Å². The molecule has 0 aliphatic carbocycles. The number of amides is 1. The Morgan fingerprint density at radius 2 is 1.79 bits per heavy atom. The zero-order valence-corrected chi connectivity index (χ0v) is 16.5. The van der Waals surface area contributed by atoms with Gasteiger partial charge >= 0.3 is 6.18 Å². The van der Waals surface area contributed by atoms with Crippen molar-refractivity contribution in [3.8, 4) is 0 Å². The molecule has 1 amide bonds. The summed E-state index contributed by atoms with van der Waals surface area (Å²) in [5.41, 5.74) is 4.69. The topological polar surface area (TPSA) is 58.7 Å². The van der Waals surface area contributed by atoms with Crippen LogP contribution in [0.5, 0.6) is 0 Å². The van der Waals surface area contributed by atoms with E-state index in [0.29, 0.717) is 11.1 Å². The normalized spacial score (nSPS) is 23.0. The smallest absolute Gasteiger partial charge is 0.369 e. The Morgan fingerprint density at radius 3 is 2.32 bits per heavy atom. The first-order valence-corrected chi connectivity index (χ1v) is 9.00. The van der Waals surface area contributed by atoms with E-state index in [2.05, 4.69) is 20.9 Å². The summed E-state index contributed by atoms with van der Waals surface area (Å²) >= 11 is 3.11. The predicted molar refractivity (Wildman–Crippen MR) is 100 cm³/mol. The van der Waals surface area contributed by atoms with Crippen LogP contribution in [0.1, 0.15) is 29.5 Å². The average Bonchev–Trinajstić information content (AvgIpc) is 2.62. The van der Waals surface area contributed by atoms with Crippen molar-refractivity contribution in [3.63, 3.8) is 0 Å². The average molecular weight is 458 g/mol. The number of rotatable bonds is 2. The highest BCUT2D eigenvalue weighted by atomic mass is 79.9. The van der Waals surface area contributed by atoms with E-state index >= 15 is 0 Å². The third-order valence-corrected chi connectivity index (χ3v) is 5.51. The molecule has 28 heavy (non-hydrogen) atoms. The Labute approximate surface area is 167 Å². The van der Waals surface area contributed by atoms with Gasteiger partial charge in [0, 0.05) is 7.05 Å². The van der Waals surface area contributed by atoms with E-state index in [0.717, 1.165) is 17.0 Å². The molecule has 0 aromatic heterocycles. The first-order valence-electron chi connectivity index (χ1n) is 8.20. The van der Waals surface area contributed by atoms with Crippen molar-refractivity contribution in [1.29, 1.82) is 0 Å². The Balaban J connectivity index is 2.17. The van der Waals surface area contributed by atoms with Gasteiger partial charge in [0.15, 0.2) is 5.96 Å². The van der Waals surface area contributed by atoms with Crippen LogP contribution in [0, 0.1) is 5.82 Å². The summed E-state index contributed by atoms with van der Waals surface area (Å²) in [4.78, 5) is 18.6. The molecule has 0 spiro atoms. The van der Waals surface area contributed by atoms with Gasteiger partial charge in [0.1, 0.15) is 11.4 Å². The van der Waals surface area contributed by atoms with Crippen LogP contribution in [0.2, 0.25) is 0 Å². The zero-order chi connectivity index (χ0) is 20.9. The number of guanidine groups is 1. The lowest BCUT2D eigenvalue weighted by atomic mass is 9.74. The molecule has 2 atom stereocenters. The van der Waals surface area contributed by atoms with Gasteiger partial charge in [-0.3, -0.25) is 9.69 Å². The summed E-state index contributed by atoms with van der Waals surface area (Å²) in [6, 6.07) is 8.55. The maximum Gasteiger partial charge on any atom is 0.416 e. The van der Waals surface area contributed by atoms with Crippen molar-refractivity contribution in [2.24, 2.45) is 10.7 Å². The maximum atomic E-state index is 13.7. The molecule has 1 aliphatic rings. The number of likely N-dealkylation sites (N-methyl/N-ethyl adjacent to an activating group) is 1. The number of nitrogens with zero attached hydrogens (tertiary/aromatic N) is 2. The summed E-state index contributed by atoms with van der Waals surface area (Å²) in [5.74, 6) is -1.88. The molecule has 0 radical (unpaired) electrons. The summed E-state index contributed by atoms with van der Waals surface area (Å²) in [6.07, 6.45) is -4.49. The van der Waals surface area contributed by atoms with E-state index < -0.39 is 34.9 Å². The maximum absolute atomic E-state index is 13.7. The molecule has 2 N–H and O–H groups in total. The van der Waals surface area contributed by atoms with Gasteiger partial charge in [0.2, 0.25) is 5.91 Å². The molecular formula is C19H16BrF4N3O. The Morgan fingerprint density at radius 1 is 1.18 bits per heavy atom. The molecule has 0 saturated carbocycles. The first-order chi connectivity index (χ1) is 12.9. The second-order valence-electron chi connectivity index (χ2n) is 6.70. The van der Waals surface area contributed by atoms with Gasteiger partial charge in [-0.05, 0) is 58.2 Å². The highest BCUT2D eigenvalue weighted by Crippen LogP contribution is 2.45. The number of carbonyl (C=O) groups is 1. The van der Waals surface area contributed by atoms with Gasteiger partial charge in [-0.2, -0.15) is 13.2 Å². The highest BCUT2D eigenvalue weighted by molar-refractivity contribution is 9.10. The number of benzene rings is 2. The zero-order valence-electron chi connectivity index (χ0n) is 14.9. The number of halogens is 5. The summed E-state index contributed by atoms with van der Waals surface area (Å²) in [6.45, 7) is 1.65. The minimum Gasteiger partial charge on any atom is -0.369 e. The number of aliphatic imine (C=N–C) groups is 1. The van der Waals surface area contributed by atoms with E-state index in [1.807, 2.05) is 0 Å². The highest BCUT2D eigenvalue weighted by Gasteiger charge is 2.47. The Kier molecular flexibility index (Phi) is 4.99. The lowest BCUT2D eigenvalue weighted by Gasteiger charge is -2.41.